The molecule has 4 aliphatic rings. The van der Waals surface area contributed by atoms with E-state index in [2.05, 4.69) is 16.2 Å². The van der Waals surface area contributed by atoms with Gasteiger partial charge < -0.3 is 5.11 Å². The van der Waals surface area contributed by atoms with Crippen molar-refractivity contribution in [1.82, 2.24) is 16.2 Å². The van der Waals surface area contributed by atoms with Crippen molar-refractivity contribution < 1.29 is 9.90 Å². The van der Waals surface area contributed by atoms with Crippen LogP contribution in [0.15, 0.2) is 0 Å². The van der Waals surface area contributed by atoms with Gasteiger partial charge in [0.25, 0.3) is 0 Å². The maximum absolute atomic E-state index is 11.4. The van der Waals surface area contributed by atoms with Gasteiger partial charge >= 0.3 is 5.97 Å². The monoisotopic (exact) mass is 251 g/mol. The summed E-state index contributed by atoms with van der Waals surface area (Å²) in [4.78, 5) is 11.4. The molecule has 0 bridgehead atoms. The third kappa shape index (κ3) is 1.41. The highest BCUT2D eigenvalue weighted by Crippen LogP contribution is 2.48. The minimum absolute atomic E-state index is 0.101. The molecule has 2 aliphatic heterocycles. The van der Waals surface area contributed by atoms with Crippen molar-refractivity contribution in [2.75, 3.05) is 0 Å². The molecule has 5 heteroatoms. The van der Waals surface area contributed by atoms with Gasteiger partial charge in [-0.2, -0.15) is 0 Å². The molecule has 0 amide bonds. The normalized spacial score (nSPS) is 53.9. The fourth-order valence-corrected chi connectivity index (χ4v) is 4.95. The summed E-state index contributed by atoms with van der Waals surface area (Å²) >= 11 is 0. The van der Waals surface area contributed by atoms with Crippen LogP contribution in [0.4, 0.5) is 0 Å². The SMILES string of the molecule is O=C(O)C1CCCC2C1CCC1NNC3NC2C13. The molecule has 0 radical (unpaired) electrons. The molecular formula is C13H21N3O2. The van der Waals surface area contributed by atoms with Crippen LogP contribution in [0.3, 0.4) is 0 Å². The number of carboxylic acid groups (broad SMARTS) is 1. The molecule has 2 heterocycles. The van der Waals surface area contributed by atoms with Gasteiger partial charge in [-0.15, -0.1) is 0 Å². The lowest BCUT2D eigenvalue weighted by Gasteiger charge is -2.49. The zero-order valence-electron chi connectivity index (χ0n) is 10.4. The number of carboxylic acids is 1. The number of fused-ring (bicyclic) bond motifs is 2. The Bertz CT molecular complexity index is 375. The second-order valence-corrected chi connectivity index (χ2v) is 6.42. The van der Waals surface area contributed by atoms with Crippen molar-refractivity contribution in [2.24, 2.45) is 23.7 Å². The molecule has 0 aromatic carbocycles. The highest BCUT2D eigenvalue weighted by atomic mass is 16.4. The van der Waals surface area contributed by atoms with E-state index in [1.54, 1.807) is 0 Å². The first kappa shape index (κ1) is 11.2. The Kier molecular flexibility index (Phi) is 2.44. The van der Waals surface area contributed by atoms with Gasteiger partial charge in [0.15, 0.2) is 0 Å². The summed E-state index contributed by atoms with van der Waals surface area (Å²) in [6.45, 7) is 0. The molecule has 7 unspecified atom stereocenters. The molecule has 0 aromatic heterocycles. The molecule has 2 aliphatic carbocycles. The van der Waals surface area contributed by atoms with E-state index >= 15 is 0 Å². The van der Waals surface area contributed by atoms with Crippen LogP contribution < -0.4 is 16.2 Å². The number of nitrogens with one attached hydrogen (secondary N) is 3. The number of rotatable bonds is 1. The lowest BCUT2D eigenvalue weighted by Crippen LogP contribution is -2.68. The lowest BCUT2D eigenvalue weighted by atomic mass is 9.65. The van der Waals surface area contributed by atoms with Crippen LogP contribution >= 0.6 is 0 Å². The van der Waals surface area contributed by atoms with Crippen molar-refractivity contribution in [3.05, 3.63) is 0 Å². The molecule has 18 heavy (non-hydrogen) atoms. The molecule has 7 atom stereocenters. The van der Waals surface area contributed by atoms with Crippen LogP contribution in [0.25, 0.3) is 0 Å². The fourth-order valence-electron chi connectivity index (χ4n) is 4.95. The van der Waals surface area contributed by atoms with Crippen molar-refractivity contribution in [1.29, 1.82) is 0 Å². The fraction of sp³-hybridized carbons (Fsp3) is 0.923. The Morgan fingerprint density at radius 1 is 1.06 bits per heavy atom. The average molecular weight is 251 g/mol. The van der Waals surface area contributed by atoms with Crippen molar-refractivity contribution in [3.8, 4) is 0 Å². The standard InChI is InChI=1S/C13H21N3O2/c17-13(18)8-3-1-2-7-6(8)4-5-9-10-11(7)14-12(10)16-15-9/h6-12,14-16H,1-5H2,(H,17,18). The maximum Gasteiger partial charge on any atom is 0.306 e. The Balaban J connectivity index is 1.62. The summed E-state index contributed by atoms with van der Waals surface area (Å²) in [6, 6.07) is 1.08. The Morgan fingerprint density at radius 2 is 1.94 bits per heavy atom. The van der Waals surface area contributed by atoms with E-state index in [-0.39, 0.29) is 5.92 Å². The number of hydrogen-bond acceptors (Lipinski definition) is 4. The highest BCUT2D eigenvalue weighted by Gasteiger charge is 2.57. The van der Waals surface area contributed by atoms with Gasteiger partial charge in [0, 0.05) is 18.0 Å². The second kappa shape index (κ2) is 3.92. The summed E-state index contributed by atoms with van der Waals surface area (Å²) < 4.78 is 0. The third-order valence-corrected chi connectivity index (χ3v) is 5.77. The molecule has 100 valence electrons. The molecule has 4 N–H and O–H groups in total. The van der Waals surface area contributed by atoms with Gasteiger partial charge in [-0.1, -0.05) is 6.42 Å². The third-order valence-electron chi connectivity index (χ3n) is 5.77. The molecule has 4 rings (SSSR count). The van der Waals surface area contributed by atoms with Crippen LogP contribution in [0.5, 0.6) is 0 Å². The predicted molar refractivity (Wildman–Crippen MR) is 65.5 cm³/mol. The number of hydrogen-bond donors (Lipinski definition) is 4. The Labute approximate surface area is 107 Å². The first-order valence-electron chi connectivity index (χ1n) is 7.25. The summed E-state index contributed by atoms with van der Waals surface area (Å²) in [5.41, 5.74) is 6.69. The van der Waals surface area contributed by atoms with Crippen LogP contribution in [-0.4, -0.2) is 29.3 Å². The zero-order valence-corrected chi connectivity index (χ0v) is 10.4. The maximum atomic E-state index is 11.4. The number of aliphatic carboxylic acids is 1. The summed E-state index contributed by atoms with van der Waals surface area (Å²) in [7, 11) is 0. The predicted octanol–water partition coefficient (Wildman–Crippen LogP) is 0.288. The van der Waals surface area contributed by atoms with E-state index in [0.29, 0.717) is 36.0 Å². The minimum Gasteiger partial charge on any atom is -0.481 e. The molecule has 4 fully saturated rings. The zero-order chi connectivity index (χ0) is 12.3. The van der Waals surface area contributed by atoms with E-state index in [1.807, 2.05) is 0 Å². The van der Waals surface area contributed by atoms with Crippen molar-refractivity contribution in [2.45, 2.75) is 50.4 Å². The number of carbonyl (C=O) groups is 1. The topological polar surface area (TPSA) is 73.4 Å². The molecule has 2 saturated heterocycles. The summed E-state index contributed by atoms with van der Waals surface area (Å²) in [5.74, 6) is 0.970. The summed E-state index contributed by atoms with van der Waals surface area (Å²) in [6.07, 6.45) is 5.79. The van der Waals surface area contributed by atoms with Gasteiger partial charge in [-0.3, -0.25) is 15.5 Å². The molecule has 5 nitrogen and oxygen atoms in total. The van der Waals surface area contributed by atoms with Crippen LogP contribution in [-0.2, 0) is 4.79 Å². The van der Waals surface area contributed by atoms with Crippen LogP contribution in [0, 0.1) is 23.7 Å². The van der Waals surface area contributed by atoms with Crippen molar-refractivity contribution in [3.63, 3.8) is 0 Å². The Hall–Kier alpha value is -0.650. The van der Waals surface area contributed by atoms with Crippen LogP contribution in [0.2, 0.25) is 0 Å². The summed E-state index contributed by atoms with van der Waals surface area (Å²) in [5, 5.41) is 13.0. The van der Waals surface area contributed by atoms with Crippen molar-refractivity contribution >= 4 is 5.97 Å². The van der Waals surface area contributed by atoms with E-state index in [1.165, 1.54) is 6.42 Å². The molecule has 2 saturated carbocycles. The van der Waals surface area contributed by atoms with E-state index < -0.39 is 5.97 Å². The van der Waals surface area contributed by atoms with Gasteiger partial charge in [0.05, 0.1) is 12.1 Å². The van der Waals surface area contributed by atoms with Gasteiger partial charge in [-0.05, 0) is 37.5 Å². The largest absolute Gasteiger partial charge is 0.481 e. The minimum atomic E-state index is -0.571. The highest BCUT2D eigenvalue weighted by molar-refractivity contribution is 5.70. The Morgan fingerprint density at radius 3 is 2.78 bits per heavy atom. The van der Waals surface area contributed by atoms with Crippen LogP contribution in [0.1, 0.15) is 32.1 Å². The van der Waals surface area contributed by atoms with E-state index in [9.17, 15) is 9.90 Å². The van der Waals surface area contributed by atoms with E-state index in [4.69, 9.17) is 0 Å². The van der Waals surface area contributed by atoms with Gasteiger partial charge in [0.1, 0.15) is 0 Å². The molecule has 0 spiro atoms. The first-order chi connectivity index (χ1) is 8.75. The first-order valence-corrected chi connectivity index (χ1v) is 7.25. The smallest absolute Gasteiger partial charge is 0.306 e. The lowest BCUT2D eigenvalue weighted by molar-refractivity contribution is -0.147. The van der Waals surface area contributed by atoms with Gasteiger partial charge in [0.2, 0.25) is 0 Å². The molecule has 0 aromatic rings. The second-order valence-electron chi connectivity index (χ2n) is 6.42. The average Bonchev–Trinajstić information content (AvgIpc) is 2.58. The molecular weight excluding hydrogens is 230 g/mol. The quantitative estimate of drug-likeness (QED) is 0.539. The number of hydrazine groups is 1. The van der Waals surface area contributed by atoms with E-state index in [0.717, 1.165) is 25.7 Å². The van der Waals surface area contributed by atoms with Gasteiger partial charge in [-0.25, -0.2) is 5.43 Å².